The molecule has 5 rings (SSSR count). The van der Waals surface area contributed by atoms with Gasteiger partial charge in [0.25, 0.3) is 5.91 Å². The van der Waals surface area contributed by atoms with Gasteiger partial charge in [-0.1, -0.05) is 36.4 Å². The molecule has 146 valence electrons. The number of carbonyl (C=O) groups is 1. The van der Waals surface area contributed by atoms with E-state index in [0.29, 0.717) is 6.54 Å². The first-order valence-electron chi connectivity index (χ1n) is 10.1. The van der Waals surface area contributed by atoms with E-state index < -0.39 is 0 Å². The zero-order chi connectivity index (χ0) is 20.0. The number of carbonyl (C=O) groups excluding carboxylic acids is 1. The number of imidazole rings is 1. The highest BCUT2D eigenvalue weighted by Crippen LogP contribution is 2.35. The molecule has 1 aliphatic rings. The van der Waals surface area contributed by atoms with Gasteiger partial charge in [0.15, 0.2) is 0 Å². The third-order valence-corrected chi connectivity index (χ3v) is 6.11. The fourth-order valence-electron chi connectivity index (χ4n) is 4.48. The Morgan fingerprint density at radius 1 is 1.17 bits per heavy atom. The SMILES string of the molecule is Cc1nccn1Cc1ccccc1C(=O)N1CCc2c([nH]c3ccccc23)C1C. The molecule has 4 aromatic rings. The van der Waals surface area contributed by atoms with E-state index in [1.165, 1.54) is 10.9 Å². The number of fused-ring (bicyclic) bond motifs is 3. The predicted molar refractivity (Wildman–Crippen MR) is 114 cm³/mol. The average Bonchev–Trinajstić information content (AvgIpc) is 3.32. The second-order valence-corrected chi connectivity index (χ2v) is 7.75. The van der Waals surface area contributed by atoms with E-state index in [1.807, 2.05) is 48.4 Å². The number of nitrogens with one attached hydrogen (secondary N) is 1. The lowest BCUT2D eigenvalue weighted by molar-refractivity contribution is 0.0673. The molecule has 0 aliphatic carbocycles. The highest BCUT2D eigenvalue weighted by Gasteiger charge is 2.31. The minimum atomic E-state index is 0.0155. The number of benzene rings is 2. The van der Waals surface area contributed by atoms with E-state index in [0.717, 1.165) is 41.1 Å². The second kappa shape index (κ2) is 6.92. The van der Waals surface area contributed by atoms with Crippen LogP contribution in [0.15, 0.2) is 60.9 Å². The van der Waals surface area contributed by atoms with Gasteiger partial charge >= 0.3 is 0 Å². The first kappa shape index (κ1) is 17.7. The van der Waals surface area contributed by atoms with Crippen molar-refractivity contribution in [2.45, 2.75) is 32.9 Å². The summed E-state index contributed by atoms with van der Waals surface area (Å²) in [4.78, 5) is 23.4. The lowest BCUT2D eigenvalue weighted by Crippen LogP contribution is -2.39. The van der Waals surface area contributed by atoms with Crippen LogP contribution in [0.5, 0.6) is 0 Å². The standard InChI is InChI=1S/C24H24N4O/c1-16-23-21(20-9-5-6-10-22(20)26-23)11-13-28(16)24(29)19-8-4-3-7-18(19)15-27-14-12-25-17(27)2/h3-10,12,14,16,26H,11,13,15H2,1-2H3. The molecular weight excluding hydrogens is 360 g/mol. The molecule has 0 saturated carbocycles. The van der Waals surface area contributed by atoms with Gasteiger partial charge < -0.3 is 14.5 Å². The Bertz CT molecular complexity index is 1200. The monoisotopic (exact) mass is 384 g/mol. The average molecular weight is 384 g/mol. The van der Waals surface area contributed by atoms with Gasteiger partial charge in [-0.25, -0.2) is 4.98 Å². The maximum atomic E-state index is 13.6. The number of amides is 1. The number of para-hydroxylation sites is 1. The maximum absolute atomic E-state index is 13.6. The molecule has 1 atom stereocenters. The molecule has 3 heterocycles. The van der Waals surface area contributed by atoms with E-state index in [-0.39, 0.29) is 11.9 Å². The summed E-state index contributed by atoms with van der Waals surface area (Å²) in [5.41, 5.74) is 5.45. The van der Waals surface area contributed by atoms with Crippen LogP contribution in [0.3, 0.4) is 0 Å². The smallest absolute Gasteiger partial charge is 0.254 e. The van der Waals surface area contributed by atoms with E-state index in [1.54, 1.807) is 6.20 Å². The van der Waals surface area contributed by atoms with Crippen LogP contribution in [0, 0.1) is 6.92 Å². The van der Waals surface area contributed by atoms with Gasteiger partial charge in [-0.3, -0.25) is 4.79 Å². The summed E-state index contributed by atoms with van der Waals surface area (Å²) in [7, 11) is 0. The zero-order valence-corrected chi connectivity index (χ0v) is 16.7. The van der Waals surface area contributed by atoms with Crippen LogP contribution in [-0.2, 0) is 13.0 Å². The van der Waals surface area contributed by atoms with Crippen molar-refractivity contribution in [3.05, 3.63) is 89.1 Å². The molecule has 1 N–H and O–H groups in total. The van der Waals surface area contributed by atoms with Crippen LogP contribution in [0.1, 0.15) is 46.0 Å². The third kappa shape index (κ3) is 2.94. The number of H-pyrrole nitrogens is 1. The number of aryl methyl sites for hydroxylation is 1. The normalized spacial score (nSPS) is 16.2. The largest absolute Gasteiger partial charge is 0.356 e. The fourth-order valence-corrected chi connectivity index (χ4v) is 4.48. The zero-order valence-electron chi connectivity index (χ0n) is 16.7. The van der Waals surface area contributed by atoms with Crippen molar-refractivity contribution in [1.82, 2.24) is 19.4 Å². The molecule has 0 saturated heterocycles. The summed E-state index contributed by atoms with van der Waals surface area (Å²) in [6.07, 6.45) is 4.62. The highest BCUT2D eigenvalue weighted by atomic mass is 16.2. The summed E-state index contributed by atoms with van der Waals surface area (Å²) in [6, 6.07) is 16.3. The van der Waals surface area contributed by atoms with E-state index in [2.05, 4.69) is 39.7 Å². The Labute approximate surface area is 170 Å². The quantitative estimate of drug-likeness (QED) is 0.566. The van der Waals surface area contributed by atoms with Crippen LogP contribution >= 0.6 is 0 Å². The minimum Gasteiger partial charge on any atom is -0.356 e. The molecule has 5 heteroatoms. The van der Waals surface area contributed by atoms with Crippen LogP contribution in [0.4, 0.5) is 0 Å². The highest BCUT2D eigenvalue weighted by molar-refractivity contribution is 5.96. The molecule has 1 unspecified atom stereocenters. The molecule has 0 fully saturated rings. The lowest BCUT2D eigenvalue weighted by atomic mass is 9.96. The van der Waals surface area contributed by atoms with Gasteiger partial charge in [0, 0.05) is 47.6 Å². The number of rotatable bonds is 3. The predicted octanol–water partition coefficient (Wildman–Crippen LogP) is 4.48. The van der Waals surface area contributed by atoms with Crippen molar-refractivity contribution in [3.8, 4) is 0 Å². The number of hydrogen-bond donors (Lipinski definition) is 1. The Kier molecular flexibility index (Phi) is 4.23. The first-order valence-corrected chi connectivity index (χ1v) is 10.1. The summed E-state index contributed by atoms with van der Waals surface area (Å²) in [5, 5.41) is 1.28. The number of hydrogen-bond acceptors (Lipinski definition) is 2. The Morgan fingerprint density at radius 3 is 2.79 bits per heavy atom. The molecule has 0 radical (unpaired) electrons. The van der Waals surface area contributed by atoms with Gasteiger partial charge in [0.1, 0.15) is 5.82 Å². The van der Waals surface area contributed by atoms with Gasteiger partial charge in [-0.15, -0.1) is 0 Å². The topological polar surface area (TPSA) is 53.9 Å². The summed E-state index contributed by atoms with van der Waals surface area (Å²) >= 11 is 0. The minimum absolute atomic E-state index is 0.0155. The van der Waals surface area contributed by atoms with Crippen molar-refractivity contribution >= 4 is 16.8 Å². The fraction of sp³-hybridized carbons (Fsp3) is 0.250. The Balaban J connectivity index is 1.48. The Hall–Kier alpha value is -3.34. The molecule has 29 heavy (non-hydrogen) atoms. The van der Waals surface area contributed by atoms with Gasteiger partial charge in [-0.05, 0) is 43.5 Å². The van der Waals surface area contributed by atoms with Crippen molar-refractivity contribution in [3.63, 3.8) is 0 Å². The van der Waals surface area contributed by atoms with E-state index in [9.17, 15) is 4.79 Å². The van der Waals surface area contributed by atoms with E-state index >= 15 is 0 Å². The second-order valence-electron chi connectivity index (χ2n) is 7.75. The van der Waals surface area contributed by atoms with Crippen molar-refractivity contribution in [1.29, 1.82) is 0 Å². The van der Waals surface area contributed by atoms with Crippen LogP contribution in [0.2, 0.25) is 0 Å². The Morgan fingerprint density at radius 2 is 1.97 bits per heavy atom. The van der Waals surface area contributed by atoms with Crippen LogP contribution < -0.4 is 0 Å². The molecule has 0 bridgehead atoms. The molecule has 2 aromatic heterocycles. The molecule has 2 aromatic carbocycles. The van der Waals surface area contributed by atoms with Crippen molar-refractivity contribution in [2.24, 2.45) is 0 Å². The van der Waals surface area contributed by atoms with Crippen LogP contribution in [-0.4, -0.2) is 31.9 Å². The van der Waals surface area contributed by atoms with Crippen molar-refractivity contribution < 1.29 is 4.79 Å². The number of nitrogens with zero attached hydrogens (tertiary/aromatic N) is 3. The number of aromatic nitrogens is 3. The first-order chi connectivity index (χ1) is 14.1. The molecular formula is C24H24N4O. The van der Waals surface area contributed by atoms with Gasteiger partial charge in [-0.2, -0.15) is 0 Å². The molecule has 1 aliphatic heterocycles. The van der Waals surface area contributed by atoms with Crippen molar-refractivity contribution in [2.75, 3.05) is 6.54 Å². The van der Waals surface area contributed by atoms with Gasteiger partial charge in [0.05, 0.1) is 6.04 Å². The summed E-state index contributed by atoms with van der Waals surface area (Å²) in [5.74, 6) is 1.04. The molecule has 5 nitrogen and oxygen atoms in total. The number of aromatic amines is 1. The lowest BCUT2D eigenvalue weighted by Gasteiger charge is -2.34. The summed E-state index contributed by atoms with van der Waals surface area (Å²) in [6.45, 7) is 5.48. The van der Waals surface area contributed by atoms with Crippen LogP contribution in [0.25, 0.3) is 10.9 Å². The summed E-state index contributed by atoms with van der Waals surface area (Å²) < 4.78 is 2.07. The van der Waals surface area contributed by atoms with E-state index in [4.69, 9.17) is 0 Å². The molecule has 0 spiro atoms. The third-order valence-electron chi connectivity index (χ3n) is 6.11. The maximum Gasteiger partial charge on any atom is 0.254 e. The van der Waals surface area contributed by atoms with Gasteiger partial charge in [0.2, 0.25) is 0 Å². The molecule has 1 amide bonds.